The highest BCUT2D eigenvalue weighted by molar-refractivity contribution is 5.93. The first-order valence-corrected chi connectivity index (χ1v) is 7.96. The van der Waals surface area contributed by atoms with Gasteiger partial charge in [-0.3, -0.25) is 9.59 Å². The molecule has 0 aliphatic heterocycles. The largest absolute Gasteiger partial charge is 0.496 e. The summed E-state index contributed by atoms with van der Waals surface area (Å²) in [5, 5.41) is 2.11. The van der Waals surface area contributed by atoms with Crippen LogP contribution in [0.1, 0.15) is 16.7 Å². The van der Waals surface area contributed by atoms with Gasteiger partial charge in [-0.05, 0) is 25.1 Å². The molecular weight excluding hydrogens is 363 g/mol. The van der Waals surface area contributed by atoms with Crippen LogP contribution in [0.2, 0.25) is 0 Å². The van der Waals surface area contributed by atoms with E-state index in [0.717, 1.165) is 17.7 Å². The Morgan fingerprint density at radius 1 is 1.11 bits per heavy atom. The van der Waals surface area contributed by atoms with Crippen LogP contribution >= 0.6 is 0 Å². The van der Waals surface area contributed by atoms with Crippen LogP contribution in [0.4, 0.5) is 18.9 Å². The Balaban J connectivity index is 1.95. The number of nitrogens with one attached hydrogen (secondary N) is 1. The normalized spacial score (nSPS) is 11.0. The van der Waals surface area contributed by atoms with E-state index >= 15 is 0 Å². The monoisotopic (exact) mass is 381 g/mol. The van der Waals surface area contributed by atoms with Gasteiger partial charge in [0.25, 0.3) is 5.91 Å². The number of carbonyl (C=O) groups is 2. The predicted octanol–water partition coefficient (Wildman–Crippen LogP) is 3.75. The van der Waals surface area contributed by atoms with Crippen molar-refractivity contribution in [3.8, 4) is 5.75 Å². The highest BCUT2D eigenvalue weighted by Gasteiger charge is 2.33. The first-order valence-electron chi connectivity index (χ1n) is 7.96. The number of para-hydroxylation sites is 1. The molecule has 0 unspecified atom stereocenters. The summed E-state index contributed by atoms with van der Waals surface area (Å²) in [6.07, 6.45) is -4.74. The number of anilines is 1. The molecule has 27 heavy (non-hydrogen) atoms. The Bertz CT molecular complexity index is 834. The van der Waals surface area contributed by atoms with Crippen molar-refractivity contribution in [3.63, 3.8) is 0 Å². The minimum atomic E-state index is -4.61. The van der Waals surface area contributed by atoms with Crippen LogP contribution in [-0.4, -0.2) is 25.6 Å². The van der Waals surface area contributed by atoms with Crippen LogP contribution in [0.25, 0.3) is 0 Å². The molecule has 144 valence electrons. The molecule has 0 atom stereocenters. The second kappa shape index (κ2) is 8.57. The summed E-state index contributed by atoms with van der Waals surface area (Å²) in [5.74, 6) is -1.06. The Kier molecular flexibility index (Phi) is 6.44. The van der Waals surface area contributed by atoms with Gasteiger partial charge in [0.1, 0.15) is 5.75 Å². The number of carbonyl (C=O) groups excluding carboxylic acids is 2. The fraction of sp³-hybridized carbons (Fsp3) is 0.263. The van der Waals surface area contributed by atoms with Crippen LogP contribution in [-0.2, 0) is 26.9 Å². The van der Waals surface area contributed by atoms with E-state index in [9.17, 15) is 22.8 Å². The zero-order valence-electron chi connectivity index (χ0n) is 14.7. The minimum Gasteiger partial charge on any atom is -0.496 e. The van der Waals surface area contributed by atoms with Gasteiger partial charge in [-0.25, -0.2) is 0 Å². The first kappa shape index (κ1) is 20.3. The van der Waals surface area contributed by atoms with Gasteiger partial charge in [0.2, 0.25) is 0 Å². The Hall–Kier alpha value is -3.03. The van der Waals surface area contributed by atoms with Crippen molar-refractivity contribution in [3.05, 3.63) is 59.2 Å². The highest BCUT2D eigenvalue weighted by atomic mass is 19.4. The molecule has 1 amide bonds. The maximum Gasteiger partial charge on any atom is 0.418 e. The molecule has 0 aliphatic rings. The Morgan fingerprint density at radius 2 is 1.81 bits per heavy atom. The van der Waals surface area contributed by atoms with Crippen LogP contribution < -0.4 is 10.1 Å². The summed E-state index contributed by atoms with van der Waals surface area (Å²) in [6.45, 7) is 1.15. The molecule has 0 aromatic heterocycles. The molecule has 0 aliphatic carbocycles. The molecule has 5 nitrogen and oxygen atoms in total. The van der Waals surface area contributed by atoms with E-state index in [1.54, 1.807) is 12.1 Å². The van der Waals surface area contributed by atoms with Crippen LogP contribution in [0.3, 0.4) is 0 Å². The number of amides is 1. The predicted molar refractivity (Wildman–Crippen MR) is 92.5 cm³/mol. The number of aryl methyl sites for hydroxylation is 1. The Morgan fingerprint density at radius 3 is 2.48 bits per heavy atom. The van der Waals surface area contributed by atoms with E-state index in [-0.39, 0.29) is 6.42 Å². The maximum atomic E-state index is 12.9. The maximum absolute atomic E-state index is 12.9. The molecular formula is C19H18F3NO4. The summed E-state index contributed by atoms with van der Waals surface area (Å²) in [5.41, 5.74) is 0.131. The first-order chi connectivity index (χ1) is 12.7. The lowest BCUT2D eigenvalue weighted by Crippen LogP contribution is -2.23. The van der Waals surface area contributed by atoms with Crippen molar-refractivity contribution < 1.29 is 32.2 Å². The van der Waals surface area contributed by atoms with E-state index < -0.39 is 35.9 Å². The van der Waals surface area contributed by atoms with Crippen molar-refractivity contribution in [1.29, 1.82) is 0 Å². The zero-order chi connectivity index (χ0) is 20.0. The highest BCUT2D eigenvalue weighted by Crippen LogP contribution is 2.34. The molecule has 2 aromatic rings. The fourth-order valence-corrected chi connectivity index (χ4v) is 2.42. The molecule has 1 N–H and O–H groups in total. The van der Waals surface area contributed by atoms with Gasteiger partial charge in [-0.2, -0.15) is 13.2 Å². The average molecular weight is 381 g/mol. The van der Waals surface area contributed by atoms with Gasteiger partial charge in [0.05, 0.1) is 24.8 Å². The number of methoxy groups -OCH3 is 1. The van der Waals surface area contributed by atoms with E-state index in [1.807, 2.05) is 13.0 Å². The SMILES string of the molecule is COc1ccc(C)cc1CC(=O)OCC(=O)Nc1ccccc1C(F)(F)F. The van der Waals surface area contributed by atoms with Crippen LogP contribution in [0, 0.1) is 6.92 Å². The zero-order valence-corrected chi connectivity index (χ0v) is 14.7. The molecule has 0 radical (unpaired) electrons. The van der Waals surface area contributed by atoms with E-state index in [1.165, 1.54) is 19.2 Å². The summed E-state index contributed by atoms with van der Waals surface area (Å²) in [6, 6.07) is 9.83. The molecule has 0 saturated carbocycles. The van der Waals surface area contributed by atoms with Crippen molar-refractivity contribution in [2.24, 2.45) is 0 Å². The van der Waals surface area contributed by atoms with E-state index in [0.29, 0.717) is 11.3 Å². The minimum absolute atomic E-state index is 0.128. The number of benzene rings is 2. The smallest absolute Gasteiger partial charge is 0.418 e. The quantitative estimate of drug-likeness (QED) is 0.774. The summed E-state index contributed by atoms with van der Waals surface area (Å²) >= 11 is 0. The van der Waals surface area contributed by atoms with Gasteiger partial charge in [0.15, 0.2) is 6.61 Å². The third-order valence-electron chi connectivity index (χ3n) is 3.64. The number of alkyl halides is 3. The van der Waals surface area contributed by atoms with Gasteiger partial charge < -0.3 is 14.8 Å². The fourth-order valence-electron chi connectivity index (χ4n) is 2.42. The van der Waals surface area contributed by atoms with Gasteiger partial charge >= 0.3 is 12.1 Å². The molecule has 0 heterocycles. The van der Waals surface area contributed by atoms with Gasteiger partial charge in [-0.15, -0.1) is 0 Å². The third kappa shape index (κ3) is 5.73. The van der Waals surface area contributed by atoms with Crippen molar-refractivity contribution >= 4 is 17.6 Å². The topological polar surface area (TPSA) is 64.6 Å². The lowest BCUT2D eigenvalue weighted by atomic mass is 10.1. The molecule has 2 aromatic carbocycles. The van der Waals surface area contributed by atoms with Gasteiger partial charge in [0, 0.05) is 5.56 Å². The third-order valence-corrected chi connectivity index (χ3v) is 3.64. The molecule has 8 heteroatoms. The standard InChI is InChI=1S/C19H18F3NO4/c1-12-7-8-16(26-2)13(9-12)10-18(25)27-11-17(24)23-15-6-4-3-5-14(15)19(20,21)22/h3-9H,10-11H2,1-2H3,(H,23,24). The lowest BCUT2D eigenvalue weighted by Gasteiger charge is -2.13. The number of hydrogen-bond donors (Lipinski definition) is 1. The number of esters is 1. The summed E-state index contributed by atoms with van der Waals surface area (Å²) < 4.78 is 48.7. The lowest BCUT2D eigenvalue weighted by molar-refractivity contribution is -0.146. The van der Waals surface area contributed by atoms with Gasteiger partial charge in [-0.1, -0.05) is 29.8 Å². The van der Waals surface area contributed by atoms with Crippen LogP contribution in [0.5, 0.6) is 5.75 Å². The van der Waals surface area contributed by atoms with Crippen molar-refractivity contribution in [2.75, 3.05) is 19.0 Å². The summed E-state index contributed by atoms with van der Waals surface area (Å²) in [7, 11) is 1.46. The van der Waals surface area contributed by atoms with Crippen molar-refractivity contribution in [2.45, 2.75) is 19.5 Å². The molecule has 0 bridgehead atoms. The van der Waals surface area contributed by atoms with Crippen LogP contribution in [0.15, 0.2) is 42.5 Å². The second-order valence-electron chi connectivity index (χ2n) is 5.74. The molecule has 0 spiro atoms. The number of ether oxygens (including phenoxy) is 2. The number of rotatable bonds is 6. The molecule has 2 rings (SSSR count). The average Bonchev–Trinajstić information content (AvgIpc) is 2.60. The summed E-state index contributed by atoms with van der Waals surface area (Å²) in [4.78, 5) is 23.8. The molecule has 0 saturated heterocycles. The van der Waals surface area contributed by atoms with Crippen molar-refractivity contribution in [1.82, 2.24) is 0 Å². The van der Waals surface area contributed by atoms with E-state index in [4.69, 9.17) is 9.47 Å². The number of hydrogen-bond acceptors (Lipinski definition) is 4. The molecule has 0 fully saturated rings. The van der Waals surface area contributed by atoms with E-state index in [2.05, 4.69) is 5.32 Å². The Labute approximate surface area is 154 Å². The number of halogens is 3. The second-order valence-corrected chi connectivity index (χ2v) is 5.74.